The van der Waals surface area contributed by atoms with Crippen LogP contribution in [0.15, 0.2) is 60.7 Å². The normalized spacial score (nSPS) is 23.4. The Kier molecular flexibility index (Phi) is 6.13. The lowest BCUT2D eigenvalue weighted by Gasteiger charge is -2.30. The summed E-state index contributed by atoms with van der Waals surface area (Å²) in [7, 11) is 1.74. The number of hydrogen-bond donors (Lipinski definition) is 1. The van der Waals surface area contributed by atoms with Crippen molar-refractivity contribution in [1.82, 2.24) is 4.90 Å². The summed E-state index contributed by atoms with van der Waals surface area (Å²) < 4.78 is 5.85. The van der Waals surface area contributed by atoms with Gasteiger partial charge in [-0.2, -0.15) is 0 Å². The summed E-state index contributed by atoms with van der Waals surface area (Å²) in [6.07, 6.45) is 0. The van der Waals surface area contributed by atoms with Crippen LogP contribution in [0.2, 0.25) is 15.1 Å². The Bertz CT molecular complexity index is 1350. The van der Waals surface area contributed by atoms with Gasteiger partial charge in [-0.05, 0) is 42.9 Å². The van der Waals surface area contributed by atoms with E-state index < -0.39 is 23.4 Å². The highest BCUT2D eigenvalue weighted by Gasteiger charge is 2.68. The molecule has 1 N–H and O–H groups in total. The number of carbonyl (C=O) groups is 1. The number of rotatable bonds is 5. The Labute approximate surface area is 216 Å². The van der Waals surface area contributed by atoms with E-state index >= 15 is 0 Å². The monoisotopic (exact) mass is 531 g/mol. The molecule has 2 heterocycles. The molecule has 0 aromatic heterocycles. The summed E-state index contributed by atoms with van der Waals surface area (Å²) in [6.45, 7) is 0.489. The average Bonchev–Trinajstić information content (AvgIpc) is 3.29. The van der Waals surface area contributed by atoms with Gasteiger partial charge in [0.05, 0.1) is 10.9 Å². The SMILES string of the molecule is CN1C[C@H](c2ccc(OCc3ccc(Cl)cc3Cl)c(Cl)c2)[C@@H]([N+](=O)[O-])[C@@]12C(=O)Nc1ccccc12. The van der Waals surface area contributed by atoms with Gasteiger partial charge >= 0.3 is 0 Å². The predicted octanol–water partition coefficient (Wildman–Crippen LogP) is 5.75. The first-order valence-electron chi connectivity index (χ1n) is 10.9. The number of fused-ring (bicyclic) bond motifs is 2. The predicted molar refractivity (Wildman–Crippen MR) is 135 cm³/mol. The van der Waals surface area contributed by atoms with E-state index in [1.807, 2.05) is 0 Å². The maximum atomic E-state index is 13.2. The van der Waals surface area contributed by atoms with Gasteiger partial charge in [0.25, 0.3) is 11.9 Å². The van der Waals surface area contributed by atoms with Gasteiger partial charge in [-0.25, -0.2) is 0 Å². The number of nitrogens with one attached hydrogen (secondary N) is 1. The number of likely N-dealkylation sites (N-methyl/N-ethyl adjacent to an activating group) is 1. The lowest BCUT2D eigenvalue weighted by atomic mass is 9.79. The Balaban J connectivity index is 1.46. The zero-order chi connectivity index (χ0) is 24.9. The van der Waals surface area contributed by atoms with Gasteiger partial charge in [0, 0.05) is 38.3 Å². The molecule has 1 saturated heterocycles. The maximum Gasteiger partial charge on any atom is 0.256 e. The summed E-state index contributed by atoms with van der Waals surface area (Å²) >= 11 is 18.7. The highest BCUT2D eigenvalue weighted by Crippen LogP contribution is 2.52. The van der Waals surface area contributed by atoms with E-state index in [2.05, 4.69) is 5.32 Å². The molecule has 35 heavy (non-hydrogen) atoms. The van der Waals surface area contributed by atoms with Crippen LogP contribution in [0.5, 0.6) is 5.75 Å². The number of likely N-dealkylation sites (tertiary alicyclic amines) is 1. The molecule has 0 bridgehead atoms. The van der Waals surface area contributed by atoms with Gasteiger partial charge < -0.3 is 10.1 Å². The van der Waals surface area contributed by atoms with Gasteiger partial charge in [-0.1, -0.05) is 65.1 Å². The third kappa shape index (κ3) is 3.83. The van der Waals surface area contributed by atoms with Crippen LogP contribution in [0, 0.1) is 10.1 Å². The second-order valence-electron chi connectivity index (χ2n) is 8.70. The fourth-order valence-electron chi connectivity index (χ4n) is 5.24. The number of benzene rings is 3. The molecular weight excluding hydrogens is 513 g/mol. The van der Waals surface area contributed by atoms with Crippen molar-refractivity contribution in [3.8, 4) is 5.75 Å². The molecule has 0 unspecified atom stereocenters. The molecule has 10 heteroatoms. The highest BCUT2D eigenvalue weighted by molar-refractivity contribution is 6.35. The summed E-state index contributed by atoms with van der Waals surface area (Å²) in [5.41, 5.74) is 1.21. The zero-order valence-electron chi connectivity index (χ0n) is 18.5. The maximum absolute atomic E-state index is 13.2. The van der Waals surface area contributed by atoms with Crippen LogP contribution in [0.4, 0.5) is 5.69 Å². The summed E-state index contributed by atoms with van der Waals surface area (Å²) in [6, 6.07) is 16.2. The largest absolute Gasteiger partial charge is 0.487 e. The number of para-hydroxylation sites is 1. The van der Waals surface area contributed by atoms with Crippen molar-refractivity contribution in [1.29, 1.82) is 0 Å². The first-order chi connectivity index (χ1) is 16.7. The van der Waals surface area contributed by atoms with E-state index in [0.717, 1.165) is 5.56 Å². The minimum absolute atomic E-state index is 0.179. The molecule has 1 fully saturated rings. The fraction of sp³-hybridized carbons (Fsp3) is 0.240. The van der Waals surface area contributed by atoms with E-state index in [-0.39, 0.29) is 11.5 Å². The molecule has 0 saturated carbocycles. The topological polar surface area (TPSA) is 84.7 Å². The van der Waals surface area contributed by atoms with Crippen molar-refractivity contribution in [2.75, 3.05) is 18.9 Å². The van der Waals surface area contributed by atoms with E-state index in [0.29, 0.717) is 44.2 Å². The second-order valence-corrected chi connectivity index (χ2v) is 9.95. The van der Waals surface area contributed by atoms with Crippen molar-refractivity contribution < 1.29 is 14.5 Å². The summed E-state index contributed by atoms with van der Waals surface area (Å²) in [5, 5.41) is 16.6. The number of nitro groups is 1. The standard InChI is InChI=1S/C25H20Cl3N3O4/c1-30-12-17(23(31(33)34)25(30)18-4-2-3-5-21(18)29-24(25)32)14-7-9-22(20(28)10-14)35-13-15-6-8-16(26)11-19(15)27/h2-11,17,23H,12-13H2,1H3,(H,29,32)/t17-,23-,25+/m1/s1. The number of ether oxygens (including phenoxy) is 1. The number of anilines is 1. The van der Waals surface area contributed by atoms with Crippen molar-refractivity contribution in [2.24, 2.45) is 0 Å². The van der Waals surface area contributed by atoms with E-state index in [1.165, 1.54) is 0 Å². The van der Waals surface area contributed by atoms with Crippen LogP contribution >= 0.6 is 34.8 Å². The highest BCUT2D eigenvalue weighted by atomic mass is 35.5. The van der Waals surface area contributed by atoms with E-state index in [4.69, 9.17) is 39.5 Å². The Morgan fingerprint density at radius 2 is 1.89 bits per heavy atom. The molecule has 2 aliphatic heterocycles. The first kappa shape index (κ1) is 23.9. The molecule has 0 radical (unpaired) electrons. The third-order valence-electron chi connectivity index (χ3n) is 6.82. The molecule has 7 nitrogen and oxygen atoms in total. The number of halogens is 3. The van der Waals surface area contributed by atoms with Crippen LogP contribution in [0.1, 0.15) is 22.6 Å². The minimum Gasteiger partial charge on any atom is -0.487 e. The Morgan fingerprint density at radius 3 is 2.60 bits per heavy atom. The molecule has 1 amide bonds. The van der Waals surface area contributed by atoms with Gasteiger partial charge in [-0.3, -0.25) is 19.8 Å². The number of amides is 1. The Morgan fingerprint density at radius 1 is 1.11 bits per heavy atom. The number of carbonyl (C=O) groups excluding carboxylic acids is 1. The zero-order valence-corrected chi connectivity index (χ0v) is 20.8. The lowest BCUT2D eigenvalue weighted by Crippen LogP contribution is -2.54. The van der Waals surface area contributed by atoms with Gasteiger partial charge in [0.15, 0.2) is 5.54 Å². The number of nitrogens with zero attached hydrogens (tertiary/aromatic N) is 2. The smallest absolute Gasteiger partial charge is 0.256 e. The Hall–Kier alpha value is -2.84. The van der Waals surface area contributed by atoms with Crippen LogP contribution in [0.25, 0.3) is 0 Å². The van der Waals surface area contributed by atoms with Crippen molar-refractivity contribution in [3.63, 3.8) is 0 Å². The quantitative estimate of drug-likeness (QED) is 0.334. The molecule has 3 atom stereocenters. The van der Waals surface area contributed by atoms with E-state index in [1.54, 1.807) is 72.6 Å². The van der Waals surface area contributed by atoms with Crippen molar-refractivity contribution in [3.05, 3.63) is 103 Å². The molecule has 0 aliphatic carbocycles. The summed E-state index contributed by atoms with van der Waals surface area (Å²) in [4.78, 5) is 27.1. The molecule has 2 aliphatic rings. The summed E-state index contributed by atoms with van der Waals surface area (Å²) in [5.74, 6) is -0.537. The van der Waals surface area contributed by atoms with Crippen LogP contribution in [-0.4, -0.2) is 35.4 Å². The van der Waals surface area contributed by atoms with Crippen molar-refractivity contribution in [2.45, 2.75) is 24.1 Å². The average molecular weight is 533 g/mol. The van der Waals surface area contributed by atoms with Gasteiger partial charge in [-0.15, -0.1) is 0 Å². The lowest BCUT2D eigenvalue weighted by molar-refractivity contribution is -0.534. The minimum atomic E-state index is -1.41. The van der Waals surface area contributed by atoms with E-state index in [9.17, 15) is 14.9 Å². The van der Waals surface area contributed by atoms with Crippen LogP contribution in [0.3, 0.4) is 0 Å². The van der Waals surface area contributed by atoms with Crippen molar-refractivity contribution >= 4 is 46.4 Å². The molecule has 5 rings (SSSR count). The van der Waals surface area contributed by atoms with Crippen LogP contribution in [-0.2, 0) is 16.9 Å². The molecule has 180 valence electrons. The first-order valence-corrected chi connectivity index (χ1v) is 12.0. The number of hydrogen-bond acceptors (Lipinski definition) is 5. The molecular formula is C25H20Cl3N3O4. The molecule has 3 aromatic rings. The van der Waals surface area contributed by atoms with Gasteiger partial charge in [0.2, 0.25) is 0 Å². The molecule has 1 spiro atoms. The molecule has 3 aromatic carbocycles. The fourth-order valence-corrected chi connectivity index (χ4v) is 5.95. The third-order valence-corrected chi connectivity index (χ3v) is 7.71. The second kappa shape index (κ2) is 8.99. The van der Waals surface area contributed by atoms with Gasteiger partial charge in [0.1, 0.15) is 12.4 Å². The van der Waals surface area contributed by atoms with Crippen LogP contribution < -0.4 is 10.1 Å².